The minimum absolute atomic E-state index is 0.411. The SMILES string of the molecule is COc1ncc(-c2cccc(C=O)c2)c2c(OC(C)=O)cccc12. The molecule has 0 aliphatic rings. The van der Waals surface area contributed by atoms with Crippen molar-refractivity contribution >= 4 is 23.0 Å². The number of rotatable bonds is 4. The van der Waals surface area contributed by atoms with Crippen molar-refractivity contribution in [1.82, 2.24) is 4.98 Å². The fourth-order valence-corrected chi connectivity index (χ4v) is 2.65. The molecule has 0 atom stereocenters. The van der Waals surface area contributed by atoms with E-state index in [1.54, 1.807) is 36.5 Å². The summed E-state index contributed by atoms with van der Waals surface area (Å²) in [5.74, 6) is 0.451. The minimum Gasteiger partial charge on any atom is -0.481 e. The molecule has 0 unspecified atom stereocenters. The molecule has 0 saturated heterocycles. The summed E-state index contributed by atoms with van der Waals surface area (Å²) >= 11 is 0. The van der Waals surface area contributed by atoms with Crippen molar-refractivity contribution in [2.75, 3.05) is 7.11 Å². The Morgan fingerprint density at radius 1 is 1.17 bits per heavy atom. The van der Waals surface area contributed by atoms with Gasteiger partial charge in [0.05, 0.1) is 7.11 Å². The van der Waals surface area contributed by atoms with Crippen molar-refractivity contribution in [3.05, 3.63) is 54.2 Å². The van der Waals surface area contributed by atoms with Crippen LogP contribution in [0.3, 0.4) is 0 Å². The number of hydrogen-bond acceptors (Lipinski definition) is 5. The highest BCUT2D eigenvalue weighted by molar-refractivity contribution is 6.04. The van der Waals surface area contributed by atoms with Crippen molar-refractivity contribution in [3.63, 3.8) is 0 Å². The van der Waals surface area contributed by atoms with E-state index in [0.29, 0.717) is 22.6 Å². The van der Waals surface area contributed by atoms with Gasteiger partial charge in [0.25, 0.3) is 0 Å². The molecule has 0 bridgehead atoms. The Kier molecular flexibility index (Phi) is 4.24. The molecule has 3 aromatic rings. The first kappa shape index (κ1) is 15.7. The van der Waals surface area contributed by atoms with Gasteiger partial charge in [-0.1, -0.05) is 24.3 Å². The molecule has 0 fully saturated rings. The van der Waals surface area contributed by atoms with Crippen LogP contribution >= 0.6 is 0 Å². The van der Waals surface area contributed by atoms with Gasteiger partial charge in [-0.2, -0.15) is 0 Å². The number of aromatic nitrogens is 1. The van der Waals surface area contributed by atoms with Gasteiger partial charge in [0.15, 0.2) is 0 Å². The van der Waals surface area contributed by atoms with Crippen LogP contribution in [0.1, 0.15) is 17.3 Å². The van der Waals surface area contributed by atoms with E-state index in [9.17, 15) is 9.59 Å². The van der Waals surface area contributed by atoms with Crippen LogP contribution in [0.5, 0.6) is 11.6 Å². The van der Waals surface area contributed by atoms with Crippen LogP contribution in [0.25, 0.3) is 21.9 Å². The van der Waals surface area contributed by atoms with Crippen LogP contribution in [0.2, 0.25) is 0 Å². The summed E-state index contributed by atoms with van der Waals surface area (Å²) < 4.78 is 10.7. The monoisotopic (exact) mass is 321 g/mol. The summed E-state index contributed by atoms with van der Waals surface area (Å²) in [5.41, 5.74) is 2.12. The first-order valence-electron chi connectivity index (χ1n) is 7.33. The third-order valence-electron chi connectivity index (χ3n) is 3.62. The molecule has 0 aliphatic carbocycles. The van der Waals surface area contributed by atoms with E-state index >= 15 is 0 Å². The van der Waals surface area contributed by atoms with Crippen molar-refractivity contribution in [2.45, 2.75) is 6.92 Å². The molecular formula is C19H15NO4. The van der Waals surface area contributed by atoms with E-state index in [1.165, 1.54) is 14.0 Å². The highest BCUT2D eigenvalue weighted by Crippen LogP contribution is 2.38. The Balaban J connectivity index is 2.34. The van der Waals surface area contributed by atoms with Gasteiger partial charge in [-0.15, -0.1) is 0 Å². The van der Waals surface area contributed by atoms with Crippen LogP contribution in [-0.2, 0) is 4.79 Å². The second kappa shape index (κ2) is 6.50. The first-order chi connectivity index (χ1) is 11.6. The van der Waals surface area contributed by atoms with Crippen molar-refractivity contribution < 1.29 is 19.1 Å². The highest BCUT2D eigenvalue weighted by atomic mass is 16.5. The number of carbonyl (C=O) groups is 2. The summed E-state index contributed by atoms with van der Waals surface area (Å²) in [6, 6.07) is 12.5. The zero-order valence-corrected chi connectivity index (χ0v) is 13.3. The van der Waals surface area contributed by atoms with Crippen LogP contribution in [0.4, 0.5) is 0 Å². The zero-order valence-electron chi connectivity index (χ0n) is 13.3. The van der Waals surface area contributed by atoms with E-state index in [1.807, 2.05) is 12.1 Å². The second-order valence-electron chi connectivity index (χ2n) is 5.20. The molecule has 0 amide bonds. The van der Waals surface area contributed by atoms with Gasteiger partial charge >= 0.3 is 5.97 Å². The predicted molar refractivity (Wildman–Crippen MR) is 90.4 cm³/mol. The van der Waals surface area contributed by atoms with Gasteiger partial charge in [0.1, 0.15) is 12.0 Å². The van der Waals surface area contributed by atoms with E-state index < -0.39 is 5.97 Å². The maximum Gasteiger partial charge on any atom is 0.308 e. The molecule has 1 heterocycles. The fourth-order valence-electron chi connectivity index (χ4n) is 2.65. The van der Waals surface area contributed by atoms with E-state index in [0.717, 1.165) is 22.8 Å². The molecule has 2 aromatic carbocycles. The smallest absolute Gasteiger partial charge is 0.308 e. The number of nitrogens with zero attached hydrogens (tertiary/aromatic N) is 1. The normalized spacial score (nSPS) is 10.4. The van der Waals surface area contributed by atoms with Crippen LogP contribution in [-0.4, -0.2) is 24.3 Å². The zero-order chi connectivity index (χ0) is 17.1. The van der Waals surface area contributed by atoms with Gasteiger partial charge < -0.3 is 9.47 Å². The molecular weight excluding hydrogens is 306 g/mol. The topological polar surface area (TPSA) is 65.5 Å². The van der Waals surface area contributed by atoms with Crippen LogP contribution in [0, 0.1) is 0 Å². The lowest BCUT2D eigenvalue weighted by Gasteiger charge is -2.13. The lowest BCUT2D eigenvalue weighted by Crippen LogP contribution is -2.03. The minimum atomic E-state index is -0.411. The number of hydrogen-bond donors (Lipinski definition) is 0. The van der Waals surface area contributed by atoms with Gasteiger partial charge in [-0.3, -0.25) is 9.59 Å². The quantitative estimate of drug-likeness (QED) is 0.417. The van der Waals surface area contributed by atoms with Crippen molar-refractivity contribution in [3.8, 4) is 22.8 Å². The molecule has 5 heteroatoms. The maximum absolute atomic E-state index is 11.4. The summed E-state index contributed by atoms with van der Waals surface area (Å²) in [4.78, 5) is 26.8. The number of ether oxygens (including phenoxy) is 2. The largest absolute Gasteiger partial charge is 0.481 e. The summed E-state index contributed by atoms with van der Waals surface area (Å²) in [5, 5.41) is 1.44. The Labute approximate surface area is 138 Å². The number of pyridine rings is 1. The maximum atomic E-state index is 11.4. The average Bonchev–Trinajstić information content (AvgIpc) is 2.60. The van der Waals surface area contributed by atoms with E-state index in [4.69, 9.17) is 9.47 Å². The molecule has 3 rings (SSSR count). The van der Waals surface area contributed by atoms with Crippen molar-refractivity contribution in [2.24, 2.45) is 0 Å². The Morgan fingerprint density at radius 3 is 2.67 bits per heavy atom. The lowest BCUT2D eigenvalue weighted by molar-refractivity contribution is -0.131. The summed E-state index contributed by atoms with van der Waals surface area (Å²) in [6.07, 6.45) is 2.44. The molecule has 0 N–H and O–H groups in total. The van der Waals surface area contributed by atoms with Crippen molar-refractivity contribution in [1.29, 1.82) is 0 Å². The molecule has 120 valence electrons. The number of benzene rings is 2. The standard InChI is InChI=1S/C19H15NO4/c1-12(22)24-17-8-4-7-15-18(17)16(10-20-19(15)23-2)14-6-3-5-13(9-14)11-21/h3-11H,1-2H3. The Morgan fingerprint density at radius 2 is 1.96 bits per heavy atom. The second-order valence-corrected chi connectivity index (χ2v) is 5.20. The number of esters is 1. The van der Waals surface area contributed by atoms with Gasteiger partial charge in [0, 0.05) is 35.0 Å². The third kappa shape index (κ3) is 2.84. The molecule has 0 saturated carbocycles. The third-order valence-corrected chi connectivity index (χ3v) is 3.62. The predicted octanol–water partition coefficient (Wildman–Crippen LogP) is 3.65. The number of aldehydes is 1. The van der Waals surface area contributed by atoms with Gasteiger partial charge in [-0.25, -0.2) is 4.98 Å². The average molecular weight is 321 g/mol. The van der Waals surface area contributed by atoms with Gasteiger partial charge in [0.2, 0.25) is 5.88 Å². The Bertz CT molecular complexity index is 934. The molecule has 1 aromatic heterocycles. The molecule has 24 heavy (non-hydrogen) atoms. The van der Waals surface area contributed by atoms with Gasteiger partial charge in [-0.05, 0) is 23.8 Å². The molecule has 0 spiro atoms. The lowest BCUT2D eigenvalue weighted by atomic mass is 9.98. The number of methoxy groups -OCH3 is 1. The number of fused-ring (bicyclic) bond motifs is 1. The highest BCUT2D eigenvalue weighted by Gasteiger charge is 2.15. The molecule has 0 radical (unpaired) electrons. The van der Waals surface area contributed by atoms with Crippen LogP contribution in [0.15, 0.2) is 48.7 Å². The fraction of sp³-hybridized carbons (Fsp3) is 0.105. The van der Waals surface area contributed by atoms with E-state index in [2.05, 4.69) is 4.98 Å². The van der Waals surface area contributed by atoms with E-state index in [-0.39, 0.29) is 0 Å². The summed E-state index contributed by atoms with van der Waals surface area (Å²) in [6.45, 7) is 1.35. The molecule has 5 nitrogen and oxygen atoms in total. The summed E-state index contributed by atoms with van der Waals surface area (Å²) in [7, 11) is 1.53. The Hall–Kier alpha value is -3.21. The molecule has 0 aliphatic heterocycles. The first-order valence-corrected chi connectivity index (χ1v) is 7.33. The number of carbonyl (C=O) groups excluding carboxylic acids is 2. The van der Waals surface area contributed by atoms with Crippen LogP contribution < -0.4 is 9.47 Å².